The molecule has 1 unspecified atom stereocenters. The Balaban J connectivity index is 0.00000243. The summed E-state index contributed by atoms with van der Waals surface area (Å²) in [6.45, 7) is 4.22. The highest BCUT2D eigenvalue weighted by Gasteiger charge is 2.22. The van der Waals surface area contributed by atoms with E-state index in [0.29, 0.717) is 24.2 Å². The summed E-state index contributed by atoms with van der Waals surface area (Å²) >= 11 is 0. The molecule has 0 radical (unpaired) electrons. The van der Waals surface area contributed by atoms with Crippen LogP contribution in [0.25, 0.3) is 0 Å². The van der Waals surface area contributed by atoms with Crippen molar-refractivity contribution in [1.82, 2.24) is 10.2 Å². The number of amides is 2. The predicted molar refractivity (Wildman–Crippen MR) is 106 cm³/mol. The largest absolute Gasteiger partial charge is 0.336 e. The molecule has 0 spiro atoms. The molecule has 6 heteroatoms. The van der Waals surface area contributed by atoms with Crippen molar-refractivity contribution in [3.05, 3.63) is 65.7 Å². The van der Waals surface area contributed by atoms with Crippen LogP contribution in [-0.4, -0.2) is 49.4 Å². The fourth-order valence-electron chi connectivity index (χ4n) is 3.05. The monoisotopic (exact) mass is 373 g/mol. The third-order valence-corrected chi connectivity index (χ3v) is 4.46. The summed E-state index contributed by atoms with van der Waals surface area (Å²) < 4.78 is 0. The molecule has 0 bridgehead atoms. The van der Waals surface area contributed by atoms with Crippen molar-refractivity contribution in [3.8, 4) is 0 Å². The van der Waals surface area contributed by atoms with Crippen molar-refractivity contribution in [1.29, 1.82) is 0 Å². The second-order valence-corrected chi connectivity index (χ2v) is 6.39. The highest BCUT2D eigenvalue weighted by atomic mass is 35.5. The Labute approximate surface area is 160 Å². The van der Waals surface area contributed by atoms with E-state index in [4.69, 9.17) is 0 Å². The Hall–Kier alpha value is -2.37. The molecule has 5 nitrogen and oxygen atoms in total. The number of piperazine rings is 1. The van der Waals surface area contributed by atoms with Gasteiger partial charge in [-0.3, -0.25) is 9.59 Å². The van der Waals surface area contributed by atoms with E-state index in [2.05, 4.69) is 12.2 Å². The second-order valence-electron chi connectivity index (χ2n) is 6.39. The van der Waals surface area contributed by atoms with Gasteiger partial charge in [-0.05, 0) is 37.3 Å². The molecule has 2 aromatic rings. The lowest BCUT2D eigenvalue weighted by Gasteiger charge is -2.32. The number of rotatable bonds is 3. The van der Waals surface area contributed by atoms with Crippen LogP contribution >= 0.6 is 12.4 Å². The van der Waals surface area contributed by atoms with E-state index < -0.39 is 0 Å². The van der Waals surface area contributed by atoms with Crippen LogP contribution < -0.4 is 10.2 Å². The maximum absolute atomic E-state index is 12.7. The van der Waals surface area contributed by atoms with E-state index in [1.807, 2.05) is 35.2 Å². The number of halogens is 1. The summed E-state index contributed by atoms with van der Waals surface area (Å²) in [5.41, 5.74) is 1.89. The van der Waals surface area contributed by atoms with Crippen LogP contribution in [-0.2, 0) is 0 Å². The first-order valence-electron chi connectivity index (χ1n) is 8.52. The Bertz CT molecular complexity index is 767. The van der Waals surface area contributed by atoms with Gasteiger partial charge in [-0.15, -0.1) is 12.4 Å². The first-order valence-corrected chi connectivity index (χ1v) is 8.52. The van der Waals surface area contributed by atoms with Crippen molar-refractivity contribution >= 4 is 29.9 Å². The normalized spacial score (nSPS) is 16.5. The van der Waals surface area contributed by atoms with Gasteiger partial charge in [0.05, 0.1) is 0 Å². The average Bonchev–Trinajstić information content (AvgIpc) is 2.67. The first kappa shape index (κ1) is 19.9. The van der Waals surface area contributed by atoms with Crippen LogP contribution in [0.4, 0.5) is 5.69 Å². The van der Waals surface area contributed by atoms with E-state index in [0.717, 1.165) is 12.2 Å². The topological polar surface area (TPSA) is 52.7 Å². The van der Waals surface area contributed by atoms with Gasteiger partial charge in [0, 0.05) is 49.5 Å². The number of nitrogens with zero attached hydrogens (tertiary/aromatic N) is 2. The summed E-state index contributed by atoms with van der Waals surface area (Å²) in [7, 11) is 1.74. The smallest absolute Gasteiger partial charge is 0.258 e. The molecule has 3 rings (SSSR count). The molecule has 1 aliphatic heterocycles. The molecule has 26 heavy (non-hydrogen) atoms. The van der Waals surface area contributed by atoms with Crippen molar-refractivity contribution < 1.29 is 9.59 Å². The fraction of sp³-hybridized carbons (Fsp3) is 0.300. The zero-order chi connectivity index (χ0) is 17.8. The Morgan fingerprint density at radius 1 is 1.08 bits per heavy atom. The highest BCUT2D eigenvalue weighted by molar-refractivity contribution is 6.07. The van der Waals surface area contributed by atoms with Crippen LogP contribution in [0.3, 0.4) is 0 Å². The third-order valence-electron chi connectivity index (χ3n) is 4.46. The average molecular weight is 374 g/mol. The zero-order valence-electron chi connectivity index (χ0n) is 15.0. The first-order chi connectivity index (χ1) is 12.1. The van der Waals surface area contributed by atoms with Crippen molar-refractivity contribution in [2.24, 2.45) is 0 Å². The number of benzene rings is 2. The van der Waals surface area contributed by atoms with Crippen molar-refractivity contribution in [2.45, 2.75) is 13.0 Å². The predicted octanol–water partition coefficient (Wildman–Crippen LogP) is 2.82. The van der Waals surface area contributed by atoms with Crippen LogP contribution in [0, 0.1) is 0 Å². The van der Waals surface area contributed by atoms with E-state index in [9.17, 15) is 9.59 Å². The molecule has 1 heterocycles. The molecular weight excluding hydrogens is 350 g/mol. The van der Waals surface area contributed by atoms with Gasteiger partial charge in [-0.1, -0.05) is 24.3 Å². The lowest BCUT2D eigenvalue weighted by atomic mass is 10.1. The van der Waals surface area contributed by atoms with Gasteiger partial charge in [0.15, 0.2) is 0 Å². The van der Waals surface area contributed by atoms with Crippen molar-refractivity contribution in [2.75, 3.05) is 31.6 Å². The SMILES string of the molecule is CC1CN(C(=O)c2cccc(C(=O)N(C)c3ccccc3)c2)CCN1.Cl. The third kappa shape index (κ3) is 4.42. The fourth-order valence-corrected chi connectivity index (χ4v) is 3.05. The minimum Gasteiger partial charge on any atom is -0.336 e. The summed E-state index contributed by atoms with van der Waals surface area (Å²) in [6, 6.07) is 16.7. The molecule has 2 amide bonds. The van der Waals surface area contributed by atoms with E-state index in [1.165, 1.54) is 0 Å². The van der Waals surface area contributed by atoms with Gasteiger partial charge in [0.1, 0.15) is 0 Å². The van der Waals surface area contributed by atoms with Crippen LogP contribution in [0.1, 0.15) is 27.6 Å². The maximum atomic E-state index is 12.7. The number of hydrogen-bond acceptors (Lipinski definition) is 3. The van der Waals surface area contributed by atoms with Crippen LogP contribution in [0.15, 0.2) is 54.6 Å². The van der Waals surface area contributed by atoms with Crippen LogP contribution in [0.5, 0.6) is 0 Å². The molecule has 1 fully saturated rings. The summed E-state index contributed by atoms with van der Waals surface area (Å²) in [6.07, 6.45) is 0. The van der Waals surface area contributed by atoms with Gasteiger partial charge in [0.25, 0.3) is 11.8 Å². The molecule has 1 atom stereocenters. The second kappa shape index (κ2) is 8.83. The standard InChI is InChI=1S/C20H23N3O2.ClH/c1-15-14-23(12-11-21-15)20(25)17-8-6-7-16(13-17)19(24)22(2)18-9-4-3-5-10-18;/h3-10,13,15,21H,11-12,14H2,1-2H3;1H. The van der Waals surface area contributed by atoms with Crippen molar-refractivity contribution in [3.63, 3.8) is 0 Å². The van der Waals surface area contributed by atoms with E-state index in [1.54, 1.807) is 36.2 Å². The molecule has 0 saturated carbocycles. The zero-order valence-corrected chi connectivity index (χ0v) is 15.8. The minimum atomic E-state index is -0.130. The molecule has 1 aliphatic rings. The van der Waals surface area contributed by atoms with E-state index in [-0.39, 0.29) is 30.3 Å². The quantitative estimate of drug-likeness (QED) is 0.900. The maximum Gasteiger partial charge on any atom is 0.258 e. The number of hydrogen-bond donors (Lipinski definition) is 1. The number of carbonyl (C=O) groups excluding carboxylic acids is 2. The summed E-state index contributed by atoms with van der Waals surface area (Å²) in [5, 5.41) is 3.33. The lowest BCUT2D eigenvalue weighted by Crippen LogP contribution is -2.51. The molecule has 2 aromatic carbocycles. The van der Waals surface area contributed by atoms with Gasteiger partial charge >= 0.3 is 0 Å². The molecule has 0 aliphatic carbocycles. The summed E-state index contributed by atoms with van der Waals surface area (Å²) in [5.74, 6) is -0.153. The molecular formula is C20H24ClN3O2. The molecule has 138 valence electrons. The van der Waals surface area contributed by atoms with Gasteiger partial charge in [0.2, 0.25) is 0 Å². The van der Waals surface area contributed by atoms with Gasteiger partial charge < -0.3 is 15.1 Å². The molecule has 1 saturated heterocycles. The number of anilines is 1. The minimum absolute atomic E-state index is 0. The number of carbonyl (C=O) groups is 2. The summed E-state index contributed by atoms with van der Waals surface area (Å²) in [4.78, 5) is 28.9. The number of para-hydroxylation sites is 1. The van der Waals surface area contributed by atoms with Gasteiger partial charge in [-0.25, -0.2) is 0 Å². The molecule has 0 aromatic heterocycles. The highest BCUT2D eigenvalue weighted by Crippen LogP contribution is 2.17. The lowest BCUT2D eigenvalue weighted by molar-refractivity contribution is 0.0709. The van der Waals surface area contributed by atoms with E-state index >= 15 is 0 Å². The Morgan fingerprint density at radius 3 is 2.46 bits per heavy atom. The Morgan fingerprint density at radius 2 is 1.77 bits per heavy atom. The number of nitrogens with one attached hydrogen (secondary N) is 1. The van der Waals surface area contributed by atoms with Gasteiger partial charge in [-0.2, -0.15) is 0 Å². The van der Waals surface area contributed by atoms with Crippen LogP contribution in [0.2, 0.25) is 0 Å². The Kier molecular flexibility index (Phi) is 6.77. The molecule has 1 N–H and O–H groups in total.